The van der Waals surface area contributed by atoms with Crippen molar-refractivity contribution in [3.05, 3.63) is 120 Å². The lowest BCUT2D eigenvalue weighted by Crippen LogP contribution is -2.47. The van der Waals surface area contributed by atoms with E-state index in [9.17, 15) is 12.8 Å². The molecule has 2 unspecified atom stereocenters. The SMILES string of the molecule is COc1cc2ncnc(Nc3ccc(OCc4cccc(F)c4)c(Cl)c3)c2cc1C1(C(C)NCCS(=O)(=O)c2ccccn2)CC=CO1. The third-order valence-electron chi connectivity index (χ3n) is 8.16. The van der Waals surface area contributed by atoms with Crippen molar-refractivity contribution >= 4 is 43.8 Å². The van der Waals surface area contributed by atoms with E-state index in [1.54, 1.807) is 49.8 Å². The van der Waals surface area contributed by atoms with E-state index < -0.39 is 15.4 Å². The maximum absolute atomic E-state index is 13.6. The summed E-state index contributed by atoms with van der Waals surface area (Å²) in [5.41, 5.74) is 1.81. The maximum atomic E-state index is 13.6. The van der Waals surface area contributed by atoms with Gasteiger partial charge in [-0.2, -0.15) is 0 Å². The highest BCUT2D eigenvalue weighted by Gasteiger charge is 2.43. The number of halogens is 2. The Labute approximate surface area is 282 Å². The zero-order valence-corrected chi connectivity index (χ0v) is 27.8. The van der Waals surface area contributed by atoms with Gasteiger partial charge >= 0.3 is 0 Å². The highest BCUT2D eigenvalue weighted by Crippen LogP contribution is 2.44. The topological polar surface area (TPSA) is 125 Å². The third-order valence-corrected chi connectivity index (χ3v) is 10.1. The molecule has 3 heterocycles. The summed E-state index contributed by atoms with van der Waals surface area (Å²) in [6.07, 6.45) is 7.00. The molecule has 2 N–H and O–H groups in total. The first kappa shape index (κ1) is 33.1. The van der Waals surface area contributed by atoms with Crippen LogP contribution in [0, 0.1) is 5.82 Å². The number of hydrogen-bond donors (Lipinski definition) is 2. The predicted molar refractivity (Wildman–Crippen MR) is 182 cm³/mol. The number of nitrogens with zero attached hydrogens (tertiary/aromatic N) is 3. The van der Waals surface area contributed by atoms with E-state index in [0.717, 1.165) is 5.56 Å². The van der Waals surface area contributed by atoms with Gasteiger partial charge < -0.3 is 24.8 Å². The van der Waals surface area contributed by atoms with Crippen LogP contribution in [0.25, 0.3) is 10.9 Å². The fourth-order valence-corrected chi connectivity index (χ4v) is 6.98. The standard InChI is InChI=1S/C35H33ClFN5O5S/c1-23(38-14-16-48(43,44)33-9-3-4-13-39-33)35(12-6-15-47-35)28-19-27-30(20-32(28)45-2)40-22-41-34(27)42-26-10-11-31(29(36)18-26)46-21-24-7-5-8-25(37)17-24/h3-11,13,15,17-20,22-23,38H,12,14,16,21H2,1-2H3,(H,40,41,42). The zero-order chi connectivity index (χ0) is 33.7. The van der Waals surface area contributed by atoms with Crippen molar-refractivity contribution in [2.24, 2.45) is 0 Å². The van der Waals surface area contributed by atoms with E-state index in [-0.39, 0.29) is 35.8 Å². The van der Waals surface area contributed by atoms with Gasteiger partial charge in [-0.1, -0.05) is 29.8 Å². The van der Waals surface area contributed by atoms with Gasteiger partial charge in [0.25, 0.3) is 0 Å². The second kappa shape index (κ2) is 14.1. The van der Waals surface area contributed by atoms with Crippen molar-refractivity contribution in [3.63, 3.8) is 0 Å². The molecule has 13 heteroatoms. The highest BCUT2D eigenvalue weighted by molar-refractivity contribution is 7.91. The van der Waals surface area contributed by atoms with Crippen LogP contribution in [-0.2, 0) is 26.8 Å². The Kier molecular flexibility index (Phi) is 9.76. The number of ether oxygens (including phenoxy) is 3. The number of hydrogen-bond acceptors (Lipinski definition) is 10. The summed E-state index contributed by atoms with van der Waals surface area (Å²) in [7, 11) is -1.99. The van der Waals surface area contributed by atoms with Gasteiger partial charge in [0, 0.05) is 47.9 Å². The number of pyridine rings is 1. The van der Waals surface area contributed by atoms with Gasteiger partial charge in [-0.3, -0.25) is 0 Å². The molecule has 0 bridgehead atoms. The van der Waals surface area contributed by atoms with Crippen molar-refractivity contribution in [1.29, 1.82) is 0 Å². The molecule has 5 aromatic rings. The minimum atomic E-state index is -3.58. The molecule has 0 saturated heterocycles. The highest BCUT2D eigenvalue weighted by atomic mass is 35.5. The van der Waals surface area contributed by atoms with Crippen molar-refractivity contribution in [3.8, 4) is 11.5 Å². The summed E-state index contributed by atoms with van der Waals surface area (Å²) >= 11 is 6.56. The van der Waals surface area contributed by atoms with Gasteiger partial charge in [0.1, 0.15) is 36.1 Å². The number of methoxy groups -OCH3 is 1. The molecule has 248 valence electrons. The number of aromatic nitrogens is 3. The minimum Gasteiger partial charge on any atom is -0.496 e. The fourth-order valence-electron chi connectivity index (χ4n) is 5.64. The van der Waals surface area contributed by atoms with Crippen LogP contribution in [0.4, 0.5) is 15.9 Å². The second-order valence-corrected chi connectivity index (χ2v) is 13.7. The fraction of sp³-hybridized carbons (Fsp3) is 0.229. The largest absolute Gasteiger partial charge is 0.496 e. The van der Waals surface area contributed by atoms with E-state index in [1.807, 2.05) is 31.2 Å². The molecule has 0 spiro atoms. The third kappa shape index (κ3) is 7.05. The van der Waals surface area contributed by atoms with Gasteiger partial charge in [0.2, 0.25) is 0 Å². The van der Waals surface area contributed by atoms with Gasteiger partial charge in [-0.05, 0) is 67.1 Å². The molecule has 0 amide bonds. The summed E-state index contributed by atoms with van der Waals surface area (Å²) in [5.74, 6) is 1.07. The second-order valence-electron chi connectivity index (χ2n) is 11.2. The summed E-state index contributed by atoms with van der Waals surface area (Å²) in [5, 5.41) is 7.80. The molecule has 48 heavy (non-hydrogen) atoms. The number of benzene rings is 3. The Bertz CT molecular complexity index is 2060. The lowest BCUT2D eigenvalue weighted by molar-refractivity contribution is 0.00695. The molecule has 1 aliphatic heterocycles. The van der Waals surface area contributed by atoms with Gasteiger partial charge in [-0.15, -0.1) is 0 Å². The van der Waals surface area contributed by atoms with Gasteiger partial charge in [-0.25, -0.2) is 27.8 Å². The lowest BCUT2D eigenvalue weighted by atomic mass is 9.83. The number of sulfone groups is 1. The predicted octanol–water partition coefficient (Wildman–Crippen LogP) is 6.73. The smallest absolute Gasteiger partial charge is 0.196 e. The Morgan fingerprint density at radius 3 is 2.65 bits per heavy atom. The maximum Gasteiger partial charge on any atom is 0.196 e. The normalized spacial score (nSPS) is 16.4. The average molecular weight is 690 g/mol. The first-order chi connectivity index (χ1) is 23.2. The number of nitrogens with one attached hydrogen (secondary N) is 2. The van der Waals surface area contributed by atoms with Crippen LogP contribution in [0.1, 0.15) is 24.5 Å². The lowest BCUT2D eigenvalue weighted by Gasteiger charge is -2.37. The minimum absolute atomic E-state index is 0.0384. The first-order valence-electron chi connectivity index (χ1n) is 15.2. The van der Waals surface area contributed by atoms with E-state index in [0.29, 0.717) is 50.9 Å². The van der Waals surface area contributed by atoms with Gasteiger partial charge in [0.05, 0.1) is 29.7 Å². The average Bonchev–Trinajstić information content (AvgIpc) is 3.59. The first-order valence-corrected chi connectivity index (χ1v) is 17.2. The Hall–Kier alpha value is -4.78. The molecule has 1 aliphatic rings. The molecular weight excluding hydrogens is 657 g/mol. The number of rotatable bonds is 13. The van der Waals surface area contributed by atoms with E-state index in [2.05, 4.69) is 25.6 Å². The van der Waals surface area contributed by atoms with Crippen LogP contribution in [0.5, 0.6) is 11.5 Å². The van der Waals surface area contributed by atoms with E-state index >= 15 is 0 Å². The summed E-state index contributed by atoms with van der Waals surface area (Å²) in [6.45, 7) is 2.29. The Morgan fingerprint density at radius 2 is 1.92 bits per heavy atom. The van der Waals surface area contributed by atoms with Crippen LogP contribution in [-0.4, -0.2) is 48.8 Å². The van der Waals surface area contributed by atoms with Crippen LogP contribution < -0.4 is 20.1 Å². The van der Waals surface area contributed by atoms with Crippen molar-refractivity contribution in [2.45, 2.75) is 36.6 Å². The molecule has 2 atom stereocenters. The van der Waals surface area contributed by atoms with Gasteiger partial charge in [0.15, 0.2) is 20.5 Å². The van der Waals surface area contributed by atoms with Crippen molar-refractivity contribution in [1.82, 2.24) is 20.3 Å². The quantitative estimate of drug-likeness (QED) is 0.138. The molecule has 0 saturated carbocycles. The molecule has 0 radical (unpaired) electrons. The molecule has 6 rings (SSSR count). The molecule has 0 aliphatic carbocycles. The van der Waals surface area contributed by atoms with Crippen molar-refractivity contribution < 1.29 is 27.0 Å². The van der Waals surface area contributed by atoms with E-state index in [1.165, 1.54) is 30.7 Å². The van der Waals surface area contributed by atoms with Crippen molar-refractivity contribution in [2.75, 3.05) is 24.7 Å². The number of anilines is 2. The summed E-state index contributed by atoms with van der Waals surface area (Å²) in [6, 6.07) is 19.7. The van der Waals surface area contributed by atoms with Crippen LogP contribution in [0.3, 0.4) is 0 Å². The van der Waals surface area contributed by atoms with Crippen LogP contribution >= 0.6 is 11.6 Å². The molecule has 10 nitrogen and oxygen atoms in total. The summed E-state index contributed by atoms with van der Waals surface area (Å²) < 4.78 is 57.2. The molecular formula is C35H33ClFN5O5S. The molecule has 0 fully saturated rings. The van der Waals surface area contributed by atoms with E-state index in [4.69, 9.17) is 25.8 Å². The van der Waals surface area contributed by atoms with Crippen LogP contribution in [0.2, 0.25) is 5.02 Å². The molecule has 3 aromatic carbocycles. The monoisotopic (exact) mass is 689 g/mol. The Balaban J connectivity index is 1.24. The zero-order valence-electron chi connectivity index (χ0n) is 26.2. The van der Waals surface area contributed by atoms with Crippen LogP contribution in [0.15, 0.2) is 103 Å². The molecule has 2 aromatic heterocycles. The number of fused-ring (bicyclic) bond motifs is 1. The Morgan fingerprint density at radius 1 is 1.04 bits per heavy atom. The summed E-state index contributed by atoms with van der Waals surface area (Å²) in [4.78, 5) is 13.0.